The van der Waals surface area contributed by atoms with Crippen LogP contribution in [-0.4, -0.2) is 194 Å². The minimum atomic E-state index is -1.98. The van der Waals surface area contributed by atoms with E-state index < -0.39 is 130 Å². The molecule has 0 aliphatic carbocycles. The summed E-state index contributed by atoms with van der Waals surface area (Å²) in [5, 5.41) is 114. The molecular formula is C56H104N2O18. The molecule has 2 amide bonds. The van der Waals surface area contributed by atoms with Gasteiger partial charge >= 0.3 is 0 Å². The molecule has 3 heterocycles. The van der Waals surface area contributed by atoms with Gasteiger partial charge in [-0.05, 0) is 19.3 Å². The van der Waals surface area contributed by atoms with Crippen LogP contribution in [0.1, 0.15) is 201 Å². The average molecular weight is 1090 g/mol. The molecule has 20 nitrogen and oxygen atoms in total. The molecule has 3 fully saturated rings. The number of ether oxygens (including phenoxy) is 6. The zero-order valence-corrected chi connectivity index (χ0v) is 46.3. The molecule has 3 rings (SSSR count). The monoisotopic (exact) mass is 1090 g/mol. The number of allylic oxidation sites excluding steroid dienone is 1. The summed E-state index contributed by atoms with van der Waals surface area (Å²) in [4.78, 5) is 25.3. The van der Waals surface area contributed by atoms with Gasteiger partial charge in [0.15, 0.2) is 18.9 Å². The molecule has 0 aromatic carbocycles. The van der Waals surface area contributed by atoms with Crippen LogP contribution in [0.4, 0.5) is 0 Å². The highest BCUT2D eigenvalue weighted by molar-refractivity contribution is 5.76. The third-order valence-corrected chi connectivity index (χ3v) is 15.0. The molecule has 0 bridgehead atoms. The fourth-order valence-electron chi connectivity index (χ4n) is 10.2. The number of nitrogens with one attached hydrogen (secondary N) is 2. The number of hydrogen-bond donors (Lipinski definition) is 12. The lowest BCUT2D eigenvalue weighted by Crippen LogP contribution is -2.68. The van der Waals surface area contributed by atoms with Gasteiger partial charge in [-0.2, -0.15) is 0 Å². The first-order valence-corrected chi connectivity index (χ1v) is 29.4. The van der Waals surface area contributed by atoms with Gasteiger partial charge in [0.2, 0.25) is 11.8 Å². The molecule has 0 aromatic heterocycles. The highest BCUT2D eigenvalue weighted by atomic mass is 16.8. The number of rotatable bonds is 42. The maximum atomic E-state index is 13.3. The first-order chi connectivity index (χ1) is 36.7. The van der Waals surface area contributed by atoms with E-state index in [0.717, 1.165) is 51.9 Å². The summed E-state index contributed by atoms with van der Waals surface area (Å²) in [6.07, 6.45) is 10.8. The Labute approximate surface area is 453 Å². The number of carbonyl (C=O) groups is 2. The summed E-state index contributed by atoms with van der Waals surface area (Å²) in [5.41, 5.74) is 0. The minimum absolute atomic E-state index is 0.240. The zero-order chi connectivity index (χ0) is 55.7. The van der Waals surface area contributed by atoms with Crippen LogP contribution in [-0.2, 0) is 38.0 Å². The Hall–Kier alpha value is -1.96. The fraction of sp³-hybridized carbons (Fsp3) is 0.929. The molecule has 76 heavy (non-hydrogen) atoms. The summed E-state index contributed by atoms with van der Waals surface area (Å²) in [6, 6.07) is -2.45. The van der Waals surface area contributed by atoms with E-state index in [4.69, 9.17) is 28.4 Å². The molecule has 6 unspecified atom stereocenters. The largest absolute Gasteiger partial charge is 0.394 e. The second-order valence-corrected chi connectivity index (χ2v) is 21.5. The van der Waals surface area contributed by atoms with Crippen LogP contribution in [0.15, 0.2) is 12.2 Å². The molecule has 20 heteroatoms. The van der Waals surface area contributed by atoms with Crippen molar-refractivity contribution in [3.63, 3.8) is 0 Å². The summed E-state index contributed by atoms with van der Waals surface area (Å²) in [5.74, 6) is -0.945. The van der Waals surface area contributed by atoms with E-state index >= 15 is 0 Å². The molecule has 3 aliphatic heterocycles. The van der Waals surface area contributed by atoms with E-state index in [1.54, 1.807) is 6.08 Å². The van der Waals surface area contributed by atoms with E-state index in [0.29, 0.717) is 6.42 Å². The maximum absolute atomic E-state index is 13.3. The lowest BCUT2D eigenvalue weighted by Gasteiger charge is -2.48. The molecule has 0 spiro atoms. The molecule has 3 aliphatic rings. The summed E-state index contributed by atoms with van der Waals surface area (Å²) in [6.45, 7) is 2.78. The van der Waals surface area contributed by atoms with Gasteiger partial charge in [0, 0.05) is 13.3 Å². The van der Waals surface area contributed by atoms with Crippen molar-refractivity contribution >= 4 is 11.8 Å². The van der Waals surface area contributed by atoms with Crippen LogP contribution in [0.3, 0.4) is 0 Å². The van der Waals surface area contributed by atoms with Crippen molar-refractivity contribution in [3.05, 3.63) is 12.2 Å². The smallest absolute Gasteiger partial charge is 0.220 e. The van der Waals surface area contributed by atoms with Gasteiger partial charge in [0.1, 0.15) is 73.2 Å². The van der Waals surface area contributed by atoms with E-state index in [9.17, 15) is 60.7 Å². The zero-order valence-electron chi connectivity index (χ0n) is 46.3. The van der Waals surface area contributed by atoms with Gasteiger partial charge in [-0.15, -0.1) is 0 Å². The Balaban J connectivity index is 1.59. The quantitative estimate of drug-likeness (QED) is 0.0304. The number of aliphatic hydroxyl groups excluding tert-OH is 10. The lowest BCUT2D eigenvalue weighted by atomic mass is 9.95. The Bertz CT molecular complexity index is 1520. The van der Waals surface area contributed by atoms with Crippen molar-refractivity contribution in [1.82, 2.24) is 10.6 Å². The maximum Gasteiger partial charge on any atom is 0.220 e. The summed E-state index contributed by atoms with van der Waals surface area (Å²) >= 11 is 0. The minimum Gasteiger partial charge on any atom is -0.394 e. The highest BCUT2D eigenvalue weighted by Gasteiger charge is 2.54. The molecule has 3 saturated heterocycles. The van der Waals surface area contributed by atoms with Gasteiger partial charge in [-0.25, -0.2) is 0 Å². The molecule has 446 valence electrons. The second kappa shape index (κ2) is 40.3. The number of hydrogen-bond acceptors (Lipinski definition) is 18. The number of aliphatic hydroxyl groups is 10. The van der Waals surface area contributed by atoms with Crippen LogP contribution in [0.2, 0.25) is 0 Å². The van der Waals surface area contributed by atoms with Crippen molar-refractivity contribution in [1.29, 1.82) is 0 Å². The van der Waals surface area contributed by atoms with Crippen molar-refractivity contribution in [2.24, 2.45) is 0 Å². The average Bonchev–Trinajstić information content (AvgIpc) is 3.41. The van der Waals surface area contributed by atoms with Crippen molar-refractivity contribution in [2.75, 3.05) is 26.4 Å². The van der Waals surface area contributed by atoms with Crippen LogP contribution in [0.5, 0.6) is 0 Å². The molecule has 0 saturated carbocycles. The Kier molecular flexibility index (Phi) is 36.2. The molecule has 17 atom stereocenters. The van der Waals surface area contributed by atoms with E-state index in [2.05, 4.69) is 24.5 Å². The molecular weight excluding hydrogens is 989 g/mol. The highest BCUT2D eigenvalue weighted by Crippen LogP contribution is 2.33. The standard InChI is InChI=1S/C56H104N2O18/c1-4-6-8-10-12-14-16-18-19-21-23-25-27-29-31-33-44(64)58-39(40(63)32-30-28-26-24-22-20-17-15-13-11-9-7-5-2)37-71-55-50(69)49(68)52(43(36-61)74-55)75-56-51(70)53(47(66)42(35-60)73-56)76-54-45(57-38(3)62)48(67)46(65)41(34-59)72-54/h30,32,39-43,45-56,59-61,63,65-70H,4-29,31,33-37H2,1-3H3,(H,57,62)(H,58,64)/b32-30+/t39-,40+,41?,42?,43?,45?,46+,47-,48+,49+,50?,51?,52+,53-,54-,55+,56-/m0/s1. The van der Waals surface area contributed by atoms with Crippen LogP contribution in [0, 0.1) is 0 Å². The predicted molar refractivity (Wildman–Crippen MR) is 284 cm³/mol. The first kappa shape index (κ1) is 68.3. The van der Waals surface area contributed by atoms with E-state index in [-0.39, 0.29) is 18.9 Å². The lowest BCUT2D eigenvalue weighted by molar-refractivity contribution is -0.375. The van der Waals surface area contributed by atoms with Crippen molar-refractivity contribution in [3.8, 4) is 0 Å². The van der Waals surface area contributed by atoms with Gasteiger partial charge in [0.05, 0.1) is 38.6 Å². The van der Waals surface area contributed by atoms with Crippen LogP contribution < -0.4 is 10.6 Å². The number of carbonyl (C=O) groups excluding carboxylic acids is 2. The molecule has 0 radical (unpaired) electrons. The SMILES string of the molecule is CCCCCCCCCCCCC/C=C/[C@@H](O)[C@H](CO[C@@H]1OC(CO)[C@@H](O[C@@H]2OC(CO)[C@H](O)[C@H](O[C@@H]3OC(CO)[C@@H](O)[C@H](O)C3NC(C)=O)C2O)[C@H](O)C1O)NC(=O)CCCCCCCCCCCCCCCCC. The predicted octanol–water partition coefficient (Wildman–Crippen LogP) is 3.96. The normalized spacial score (nSPS) is 30.9. The van der Waals surface area contributed by atoms with Crippen molar-refractivity contribution in [2.45, 2.75) is 305 Å². The topological polar surface area (TPSA) is 316 Å². The fourth-order valence-corrected chi connectivity index (χ4v) is 10.2. The van der Waals surface area contributed by atoms with Gasteiger partial charge in [0.25, 0.3) is 0 Å². The van der Waals surface area contributed by atoms with Crippen LogP contribution in [0.25, 0.3) is 0 Å². The number of amides is 2. The van der Waals surface area contributed by atoms with E-state index in [1.165, 1.54) is 122 Å². The third kappa shape index (κ3) is 24.8. The van der Waals surface area contributed by atoms with Crippen molar-refractivity contribution < 1.29 is 89.1 Å². The first-order valence-electron chi connectivity index (χ1n) is 29.4. The summed E-state index contributed by atoms with van der Waals surface area (Å²) < 4.78 is 34.9. The van der Waals surface area contributed by atoms with Crippen LogP contribution >= 0.6 is 0 Å². The van der Waals surface area contributed by atoms with Gasteiger partial charge in [-0.3, -0.25) is 9.59 Å². The van der Waals surface area contributed by atoms with E-state index in [1.807, 2.05) is 6.08 Å². The summed E-state index contributed by atoms with van der Waals surface area (Å²) in [7, 11) is 0. The third-order valence-electron chi connectivity index (χ3n) is 15.0. The Morgan fingerprint density at radius 3 is 1.46 bits per heavy atom. The Morgan fingerprint density at radius 2 is 0.961 bits per heavy atom. The molecule has 12 N–H and O–H groups in total. The van der Waals surface area contributed by atoms with Gasteiger partial charge < -0.3 is 90.1 Å². The Morgan fingerprint density at radius 1 is 0.513 bits per heavy atom. The molecule has 0 aromatic rings. The van der Waals surface area contributed by atoms with Gasteiger partial charge in [-0.1, -0.05) is 180 Å². The second-order valence-electron chi connectivity index (χ2n) is 21.5. The number of unbranched alkanes of at least 4 members (excludes halogenated alkanes) is 25.